The first-order valence-corrected chi connectivity index (χ1v) is 4.22. The number of nitrogen functional groups attached to an aromatic ring is 1. The lowest BCUT2D eigenvalue weighted by Crippen LogP contribution is -2.12. The van der Waals surface area contributed by atoms with Crippen molar-refractivity contribution in [1.82, 2.24) is 0 Å². The van der Waals surface area contributed by atoms with Crippen molar-refractivity contribution in [3.8, 4) is 0 Å². The lowest BCUT2D eigenvalue weighted by molar-refractivity contribution is 0.100. The van der Waals surface area contributed by atoms with Crippen molar-refractivity contribution in [2.24, 2.45) is 5.73 Å². The Morgan fingerprint density at radius 2 is 1.93 bits per heavy atom. The lowest BCUT2D eigenvalue weighted by atomic mass is 10.2. The molecule has 0 unspecified atom stereocenters. The molecule has 0 aliphatic carbocycles. The van der Waals surface area contributed by atoms with Crippen molar-refractivity contribution in [1.29, 1.82) is 0 Å². The second-order valence-corrected chi connectivity index (χ2v) is 3.03. The van der Waals surface area contributed by atoms with Gasteiger partial charge in [-0.3, -0.25) is 9.59 Å². The number of anilines is 1. The number of carbonyl (C=O) groups excluding carboxylic acids is 1. The third-order valence-electron chi connectivity index (χ3n) is 2.06. The first-order chi connectivity index (χ1) is 7.11. The number of fused-ring (bicyclic) bond motifs is 1. The van der Waals surface area contributed by atoms with Crippen molar-refractivity contribution in [3.05, 3.63) is 40.1 Å². The van der Waals surface area contributed by atoms with Crippen LogP contribution in [0.4, 0.5) is 5.88 Å². The van der Waals surface area contributed by atoms with Gasteiger partial charge in [0.25, 0.3) is 5.91 Å². The number of hydrogen-bond acceptors (Lipinski definition) is 4. The van der Waals surface area contributed by atoms with Crippen LogP contribution in [-0.4, -0.2) is 5.91 Å². The van der Waals surface area contributed by atoms with E-state index in [9.17, 15) is 9.59 Å². The Morgan fingerprint density at radius 3 is 2.60 bits per heavy atom. The summed E-state index contributed by atoms with van der Waals surface area (Å²) in [5.41, 5.74) is 10.4. The van der Waals surface area contributed by atoms with Gasteiger partial charge in [0.05, 0.1) is 0 Å². The number of rotatable bonds is 1. The van der Waals surface area contributed by atoms with Crippen molar-refractivity contribution >= 4 is 22.8 Å². The van der Waals surface area contributed by atoms with Crippen LogP contribution in [0, 0.1) is 0 Å². The normalized spacial score (nSPS) is 10.4. The highest BCUT2D eigenvalue weighted by Crippen LogP contribution is 2.24. The highest BCUT2D eigenvalue weighted by Gasteiger charge is 2.16. The smallest absolute Gasteiger partial charge is 0.254 e. The molecule has 0 bridgehead atoms. The summed E-state index contributed by atoms with van der Waals surface area (Å²) < 4.78 is 5.02. The van der Waals surface area contributed by atoms with Crippen LogP contribution in [0.2, 0.25) is 0 Å². The largest absolute Gasteiger partial charge is 0.436 e. The van der Waals surface area contributed by atoms with E-state index in [1.54, 1.807) is 18.2 Å². The van der Waals surface area contributed by atoms with Gasteiger partial charge in [-0.25, -0.2) is 0 Å². The van der Waals surface area contributed by atoms with Crippen LogP contribution in [0.1, 0.15) is 10.4 Å². The number of hydrogen-bond donors (Lipinski definition) is 2. The van der Waals surface area contributed by atoms with Gasteiger partial charge < -0.3 is 15.9 Å². The molecule has 0 aliphatic heterocycles. The quantitative estimate of drug-likeness (QED) is 0.705. The topological polar surface area (TPSA) is 99.3 Å². The summed E-state index contributed by atoms with van der Waals surface area (Å²) in [4.78, 5) is 22.6. The van der Waals surface area contributed by atoms with E-state index in [1.807, 2.05) is 0 Å². The zero-order valence-corrected chi connectivity index (χ0v) is 7.69. The molecule has 5 nitrogen and oxygen atoms in total. The van der Waals surface area contributed by atoms with Crippen LogP contribution >= 0.6 is 0 Å². The van der Waals surface area contributed by atoms with Gasteiger partial charge in [-0.05, 0) is 6.07 Å². The molecule has 5 heteroatoms. The van der Waals surface area contributed by atoms with Crippen LogP contribution in [0.5, 0.6) is 0 Å². The van der Waals surface area contributed by atoms with Gasteiger partial charge in [0.15, 0.2) is 5.58 Å². The van der Waals surface area contributed by atoms with E-state index in [0.29, 0.717) is 5.39 Å². The van der Waals surface area contributed by atoms with Gasteiger partial charge in [0, 0.05) is 5.39 Å². The molecule has 0 fully saturated rings. The Morgan fingerprint density at radius 1 is 1.27 bits per heavy atom. The fourth-order valence-electron chi connectivity index (χ4n) is 1.43. The Kier molecular flexibility index (Phi) is 1.93. The Hall–Kier alpha value is -2.30. The molecule has 0 atom stereocenters. The van der Waals surface area contributed by atoms with Gasteiger partial charge >= 0.3 is 0 Å². The molecule has 0 saturated carbocycles. The molecular weight excluding hydrogens is 196 g/mol. The lowest BCUT2D eigenvalue weighted by Gasteiger charge is -1.89. The maximum atomic E-state index is 11.5. The SMILES string of the molecule is NC(=O)c1c(N)oc2c(=O)ccccc12. The molecule has 1 heterocycles. The first kappa shape index (κ1) is 9.26. The monoisotopic (exact) mass is 204 g/mol. The van der Waals surface area contributed by atoms with E-state index in [-0.39, 0.29) is 22.5 Å². The van der Waals surface area contributed by atoms with Crippen molar-refractivity contribution in [3.63, 3.8) is 0 Å². The molecular formula is C10H8N2O3. The Balaban J connectivity index is 3.02. The minimum atomic E-state index is -0.711. The predicted octanol–water partition coefficient (Wildman–Crippen LogP) is 0.474. The fraction of sp³-hybridized carbons (Fsp3) is 0. The minimum Gasteiger partial charge on any atom is -0.436 e. The number of furan rings is 1. The molecule has 1 amide bonds. The van der Waals surface area contributed by atoms with Crippen LogP contribution in [0.15, 0.2) is 33.5 Å². The minimum absolute atomic E-state index is 0.0475. The maximum Gasteiger partial charge on any atom is 0.254 e. The van der Waals surface area contributed by atoms with Crippen molar-refractivity contribution < 1.29 is 9.21 Å². The number of nitrogens with two attached hydrogens (primary N) is 2. The van der Waals surface area contributed by atoms with E-state index >= 15 is 0 Å². The number of primary amides is 1. The molecule has 1 aromatic heterocycles. The zero-order chi connectivity index (χ0) is 11.0. The van der Waals surface area contributed by atoms with Crippen LogP contribution < -0.4 is 16.9 Å². The second kappa shape index (κ2) is 3.13. The number of amides is 1. The summed E-state index contributed by atoms with van der Waals surface area (Å²) >= 11 is 0. The molecule has 4 N–H and O–H groups in total. The summed E-state index contributed by atoms with van der Waals surface area (Å²) in [6, 6.07) is 6.07. The molecule has 0 aliphatic rings. The third kappa shape index (κ3) is 1.34. The standard InChI is InChI=1S/C10H8N2O3/c11-9(14)7-5-3-1-2-4-6(13)8(5)15-10(7)12/h1-4H,12H2,(H2,11,14). The average Bonchev–Trinajstić information content (AvgIpc) is 2.40. The summed E-state index contributed by atoms with van der Waals surface area (Å²) in [6.45, 7) is 0. The van der Waals surface area contributed by atoms with E-state index < -0.39 is 5.91 Å². The van der Waals surface area contributed by atoms with E-state index in [4.69, 9.17) is 15.9 Å². The molecule has 2 rings (SSSR count). The van der Waals surface area contributed by atoms with Gasteiger partial charge in [-0.1, -0.05) is 18.2 Å². The highest BCUT2D eigenvalue weighted by atomic mass is 16.4. The summed E-state index contributed by atoms with van der Waals surface area (Å²) in [5, 5.41) is 0.343. The molecule has 1 aromatic carbocycles. The molecule has 15 heavy (non-hydrogen) atoms. The Labute approximate surface area is 84.3 Å². The number of carbonyl (C=O) groups is 1. The van der Waals surface area contributed by atoms with Gasteiger partial charge in [-0.15, -0.1) is 0 Å². The molecule has 0 saturated heterocycles. The van der Waals surface area contributed by atoms with E-state index in [1.165, 1.54) is 6.07 Å². The van der Waals surface area contributed by atoms with Crippen LogP contribution in [0.3, 0.4) is 0 Å². The maximum absolute atomic E-state index is 11.5. The van der Waals surface area contributed by atoms with E-state index in [2.05, 4.69) is 0 Å². The highest BCUT2D eigenvalue weighted by molar-refractivity contribution is 6.09. The molecule has 0 radical (unpaired) electrons. The first-order valence-electron chi connectivity index (χ1n) is 4.22. The van der Waals surface area contributed by atoms with Crippen molar-refractivity contribution in [2.45, 2.75) is 0 Å². The Bertz CT molecular complexity index is 601. The molecule has 0 spiro atoms. The van der Waals surface area contributed by atoms with Gasteiger partial charge in [0.2, 0.25) is 11.3 Å². The van der Waals surface area contributed by atoms with E-state index in [0.717, 1.165) is 0 Å². The second-order valence-electron chi connectivity index (χ2n) is 3.03. The van der Waals surface area contributed by atoms with Crippen LogP contribution in [-0.2, 0) is 0 Å². The molecule has 76 valence electrons. The predicted molar refractivity (Wildman–Crippen MR) is 55.4 cm³/mol. The third-order valence-corrected chi connectivity index (χ3v) is 2.06. The summed E-state index contributed by atoms with van der Waals surface area (Å²) in [6.07, 6.45) is 0. The van der Waals surface area contributed by atoms with Gasteiger partial charge in [-0.2, -0.15) is 0 Å². The zero-order valence-electron chi connectivity index (χ0n) is 7.69. The summed E-state index contributed by atoms with van der Waals surface area (Å²) in [5.74, 6) is -0.836. The van der Waals surface area contributed by atoms with Crippen LogP contribution in [0.25, 0.3) is 11.0 Å². The van der Waals surface area contributed by atoms with Gasteiger partial charge in [0.1, 0.15) is 5.56 Å². The molecule has 2 aromatic rings. The van der Waals surface area contributed by atoms with Crippen molar-refractivity contribution in [2.75, 3.05) is 5.73 Å². The fourth-order valence-corrected chi connectivity index (χ4v) is 1.43. The average molecular weight is 204 g/mol. The summed E-state index contributed by atoms with van der Waals surface area (Å²) in [7, 11) is 0.